The molecule has 3 N–H and O–H groups in total. The number of carbonyl (C=O) groups is 1. The molecule has 8 nitrogen and oxygen atoms in total. The van der Waals surface area contributed by atoms with Gasteiger partial charge < -0.3 is 29.7 Å². The molecule has 5 rings (SSSR count). The SMILES string of the molecule is C=CCOC(=O)NCc1cccc(-c2ccc(C3OC(CN4CCC(O)C4)C(C)C(c4ccc(CO)cc4)O3)cc2)c1. The monoisotopic (exact) mass is 572 g/mol. The van der Waals surface area contributed by atoms with E-state index < -0.39 is 12.4 Å². The smallest absolute Gasteiger partial charge is 0.407 e. The summed E-state index contributed by atoms with van der Waals surface area (Å²) in [7, 11) is 0. The number of alkyl carbamates (subject to hydrolysis) is 1. The maximum Gasteiger partial charge on any atom is 0.407 e. The number of hydrogen-bond acceptors (Lipinski definition) is 7. The molecule has 5 atom stereocenters. The van der Waals surface area contributed by atoms with Crippen molar-refractivity contribution in [2.45, 2.75) is 51.1 Å². The van der Waals surface area contributed by atoms with Crippen molar-refractivity contribution in [1.29, 1.82) is 0 Å². The quantitative estimate of drug-likeness (QED) is 0.290. The average molecular weight is 573 g/mol. The van der Waals surface area contributed by atoms with E-state index in [1.54, 1.807) is 0 Å². The fourth-order valence-electron chi connectivity index (χ4n) is 5.61. The van der Waals surface area contributed by atoms with Crippen LogP contribution >= 0.6 is 0 Å². The standard InChI is InChI=1S/C34H40N2O6/c1-3-17-40-34(39)35-19-25-5-4-6-29(18-25)26-11-13-28(14-12-26)33-41-31(21-36-16-15-30(38)20-36)23(2)32(42-33)27-9-7-24(22-37)8-10-27/h3-14,18,23,30-33,37-38H,1,15-17,19-22H2,2H3,(H,35,39). The van der Waals surface area contributed by atoms with Gasteiger partial charge >= 0.3 is 6.09 Å². The van der Waals surface area contributed by atoms with E-state index in [0.29, 0.717) is 13.1 Å². The number of aliphatic hydroxyl groups is 2. The first-order chi connectivity index (χ1) is 20.4. The zero-order valence-corrected chi connectivity index (χ0v) is 24.0. The van der Waals surface area contributed by atoms with E-state index in [4.69, 9.17) is 14.2 Å². The van der Waals surface area contributed by atoms with Gasteiger partial charge in [-0.05, 0) is 40.3 Å². The Morgan fingerprint density at radius 2 is 1.81 bits per heavy atom. The summed E-state index contributed by atoms with van der Waals surface area (Å²) < 4.78 is 18.2. The van der Waals surface area contributed by atoms with Crippen molar-refractivity contribution in [3.05, 3.63) is 108 Å². The second kappa shape index (κ2) is 14.1. The van der Waals surface area contributed by atoms with Crippen LogP contribution in [-0.2, 0) is 27.4 Å². The van der Waals surface area contributed by atoms with Gasteiger partial charge in [-0.3, -0.25) is 4.90 Å². The van der Waals surface area contributed by atoms with Gasteiger partial charge in [0.25, 0.3) is 0 Å². The average Bonchev–Trinajstić information content (AvgIpc) is 3.44. The third-order valence-corrected chi connectivity index (χ3v) is 8.02. The number of carbonyl (C=O) groups excluding carboxylic acids is 1. The number of aliphatic hydroxyl groups excluding tert-OH is 2. The summed E-state index contributed by atoms with van der Waals surface area (Å²) in [6, 6.07) is 24.1. The van der Waals surface area contributed by atoms with Crippen LogP contribution < -0.4 is 5.32 Å². The molecule has 3 aromatic rings. The molecule has 2 aliphatic heterocycles. The third-order valence-electron chi connectivity index (χ3n) is 8.02. The van der Waals surface area contributed by atoms with Crippen LogP contribution in [0.2, 0.25) is 0 Å². The molecule has 0 saturated carbocycles. The second-order valence-corrected chi connectivity index (χ2v) is 11.1. The highest BCUT2D eigenvalue weighted by Crippen LogP contribution is 2.42. The molecule has 0 aliphatic carbocycles. The van der Waals surface area contributed by atoms with Crippen LogP contribution in [0.1, 0.15) is 48.0 Å². The highest BCUT2D eigenvalue weighted by molar-refractivity contribution is 5.68. The molecule has 2 saturated heterocycles. The first-order valence-corrected chi connectivity index (χ1v) is 14.6. The van der Waals surface area contributed by atoms with Crippen LogP contribution in [0, 0.1) is 5.92 Å². The van der Waals surface area contributed by atoms with Crippen LogP contribution in [0.3, 0.4) is 0 Å². The van der Waals surface area contributed by atoms with E-state index in [-0.39, 0.29) is 37.4 Å². The largest absolute Gasteiger partial charge is 0.445 e. The second-order valence-electron chi connectivity index (χ2n) is 11.1. The molecular formula is C34H40N2O6. The number of β-amino-alcohol motifs (C(OH)–C–C–N with tert-alkyl or cyclic N) is 1. The summed E-state index contributed by atoms with van der Waals surface area (Å²) in [5.74, 6) is 0.0867. The minimum Gasteiger partial charge on any atom is -0.445 e. The normalized spacial score (nSPS) is 24.3. The van der Waals surface area contributed by atoms with Gasteiger partial charge in [0.1, 0.15) is 6.61 Å². The summed E-state index contributed by atoms with van der Waals surface area (Å²) in [5, 5.41) is 22.3. The molecule has 0 aromatic heterocycles. The summed E-state index contributed by atoms with van der Waals surface area (Å²) in [6.45, 7) is 8.48. The summed E-state index contributed by atoms with van der Waals surface area (Å²) >= 11 is 0. The number of benzene rings is 3. The Balaban J connectivity index is 1.32. The molecule has 8 heteroatoms. The predicted octanol–water partition coefficient (Wildman–Crippen LogP) is 5.12. The van der Waals surface area contributed by atoms with E-state index in [0.717, 1.165) is 52.9 Å². The topological polar surface area (TPSA) is 100 Å². The number of ether oxygens (including phenoxy) is 3. The molecular weight excluding hydrogens is 532 g/mol. The van der Waals surface area contributed by atoms with Crippen molar-refractivity contribution >= 4 is 6.09 Å². The van der Waals surface area contributed by atoms with Crippen LogP contribution in [-0.4, -0.2) is 59.7 Å². The number of hydrogen-bond donors (Lipinski definition) is 3. The molecule has 2 fully saturated rings. The molecule has 0 bridgehead atoms. The van der Waals surface area contributed by atoms with E-state index in [2.05, 4.69) is 35.9 Å². The Hall–Kier alpha value is -3.53. The molecule has 2 heterocycles. The molecule has 222 valence electrons. The van der Waals surface area contributed by atoms with Crippen LogP contribution in [0.4, 0.5) is 4.79 Å². The van der Waals surface area contributed by atoms with Crippen molar-refractivity contribution in [2.75, 3.05) is 26.2 Å². The number of amides is 1. The Bertz CT molecular complexity index is 1330. The molecule has 3 aromatic carbocycles. The van der Waals surface area contributed by atoms with Gasteiger partial charge in [0.15, 0.2) is 6.29 Å². The van der Waals surface area contributed by atoms with E-state index in [1.165, 1.54) is 6.08 Å². The van der Waals surface area contributed by atoms with Crippen LogP contribution in [0.25, 0.3) is 11.1 Å². The van der Waals surface area contributed by atoms with Crippen molar-refractivity contribution in [2.24, 2.45) is 5.92 Å². The van der Waals surface area contributed by atoms with Crippen molar-refractivity contribution in [3.8, 4) is 11.1 Å². The first-order valence-electron chi connectivity index (χ1n) is 14.6. The highest BCUT2D eigenvalue weighted by atomic mass is 16.7. The van der Waals surface area contributed by atoms with E-state index in [1.807, 2.05) is 60.7 Å². The van der Waals surface area contributed by atoms with Crippen molar-refractivity contribution in [3.63, 3.8) is 0 Å². The van der Waals surface area contributed by atoms with Crippen LogP contribution in [0.5, 0.6) is 0 Å². The van der Waals surface area contributed by atoms with Crippen LogP contribution in [0.15, 0.2) is 85.5 Å². The Morgan fingerprint density at radius 3 is 2.50 bits per heavy atom. The van der Waals surface area contributed by atoms with Gasteiger partial charge in [0.2, 0.25) is 0 Å². The molecule has 0 spiro atoms. The lowest BCUT2D eigenvalue weighted by molar-refractivity contribution is -0.276. The molecule has 0 radical (unpaired) electrons. The zero-order valence-electron chi connectivity index (χ0n) is 24.0. The van der Waals surface area contributed by atoms with Gasteiger partial charge in [0, 0.05) is 37.7 Å². The minimum atomic E-state index is -0.549. The Morgan fingerprint density at radius 1 is 1.05 bits per heavy atom. The third kappa shape index (κ3) is 7.45. The molecule has 5 unspecified atom stereocenters. The zero-order chi connectivity index (χ0) is 29.5. The number of likely N-dealkylation sites (tertiary alicyclic amines) is 1. The Labute approximate surface area is 247 Å². The lowest BCUT2D eigenvalue weighted by atomic mass is 9.90. The van der Waals surface area contributed by atoms with Gasteiger partial charge in [-0.1, -0.05) is 86.3 Å². The van der Waals surface area contributed by atoms with E-state index >= 15 is 0 Å². The minimum absolute atomic E-state index is 0.00104. The van der Waals surface area contributed by atoms with Crippen molar-refractivity contribution < 1.29 is 29.2 Å². The predicted molar refractivity (Wildman–Crippen MR) is 160 cm³/mol. The number of nitrogens with zero attached hydrogens (tertiary/aromatic N) is 1. The Kier molecular flexibility index (Phi) is 10.0. The number of nitrogens with one attached hydrogen (secondary N) is 1. The maximum absolute atomic E-state index is 11.8. The highest BCUT2D eigenvalue weighted by Gasteiger charge is 2.39. The number of rotatable bonds is 10. The molecule has 1 amide bonds. The fraction of sp³-hybridized carbons (Fsp3) is 0.382. The van der Waals surface area contributed by atoms with Gasteiger partial charge in [-0.15, -0.1) is 0 Å². The van der Waals surface area contributed by atoms with E-state index in [9.17, 15) is 15.0 Å². The van der Waals surface area contributed by atoms with Gasteiger partial charge in [-0.2, -0.15) is 0 Å². The summed E-state index contributed by atoms with van der Waals surface area (Å²) in [6.07, 6.45) is 0.731. The first kappa shape index (κ1) is 29.9. The lowest BCUT2D eigenvalue weighted by Crippen LogP contribution is -2.44. The summed E-state index contributed by atoms with van der Waals surface area (Å²) in [4.78, 5) is 14.1. The van der Waals surface area contributed by atoms with Gasteiger partial charge in [-0.25, -0.2) is 4.79 Å². The van der Waals surface area contributed by atoms with Crippen molar-refractivity contribution in [1.82, 2.24) is 10.2 Å². The maximum atomic E-state index is 11.8. The fourth-order valence-corrected chi connectivity index (χ4v) is 5.61. The summed E-state index contributed by atoms with van der Waals surface area (Å²) in [5.41, 5.74) is 5.88. The molecule has 42 heavy (non-hydrogen) atoms. The lowest BCUT2D eigenvalue weighted by Gasteiger charge is -2.42. The van der Waals surface area contributed by atoms with Gasteiger partial charge in [0.05, 0.1) is 24.9 Å². The molecule has 2 aliphatic rings.